The average molecular weight is 476 g/mol. The first-order valence-corrected chi connectivity index (χ1v) is 12.9. The second-order valence-electron chi connectivity index (χ2n) is 8.41. The maximum atomic E-state index is 13.1. The Labute approximate surface area is 191 Å². The smallest absolute Gasteiger partial charge is 0.251 e. The van der Waals surface area contributed by atoms with Gasteiger partial charge in [-0.15, -0.1) is 0 Å². The number of piperidine rings is 1. The molecular weight excluding hydrogens is 449 g/mol. The largest absolute Gasteiger partial charge is 0.319 e. The molecule has 1 fully saturated rings. The molecule has 0 N–H and O–H groups in total. The zero-order chi connectivity index (χ0) is 23.0. The van der Waals surface area contributed by atoms with Gasteiger partial charge in [0, 0.05) is 26.1 Å². The van der Waals surface area contributed by atoms with Crippen molar-refractivity contribution in [3.8, 4) is 0 Å². The number of hydrogen-bond donors (Lipinski definition) is 0. The third kappa shape index (κ3) is 4.42. The average Bonchev–Trinajstić information content (AvgIpc) is 3.08. The lowest BCUT2D eigenvalue weighted by atomic mass is 9.98. The van der Waals surface area contributed by atoms with Crippen LogP contribution in [0.1, 0.15) is 38.2 Å². The van der Waals surface area contributed by atoms with Crippen LogP contribution in [-0.2, 0) is 21.9 Å². The van der Waals surface area contributed by atoms with Crippen molar-refractivity contribution in [2.45, 2.75) is 37.5 Å². The lowest BCUT2D eigenvalue weighted by Crippen LogP contribution is -2.40. The fourth-order valence-electron chi connectivity index (χ4n) is 3.90. The van der Waals surface area contributed by atoms with Gasteiger partial charge in [-0.2, -0.15) is 9.30 Å². The minimum atomic E-state index is -3.70. The van der Waals surface area contributed by atoms with Crippen LogP contribution in [0.25, 0.3) is 10.2 Å². The van der Waals surface area contributed by atoms with Crippen molar-refractivity contribution >= 4 is 37.5 Å². The number of thiazole rings is 1. The molecule has 0 unspecified atom stereocenters. The van der Waals surface area contributed by atoms with E-state index in [1.165, 1.54) is 33.3 Å². The Hall–Kier alpha value is -2.36. The first kappa shape index (κ1) is 22.8. The number of rotatable bonds is 4. The lowest BCUT2D eigenvalue weighted by molar-refractivity contribution is -0.122. The van der Waals surface area contributed by atoms with E-state index in [0.29, 0.717) is 23.6 Å². The minimum Gasteiger partial charge on any atom is -0.319 e. The summed E-state index contributed by atoms with van der Waals surface area (Å²) in [5.41, 5.74) is 2.28. The molecule has 0 saturated carbocycles. The van der Waals surface area contributed by atoms with Crippen molar-refractivity contribution in [2.24, 2.45) is 18.0 Å². The van der Waals surface area contributed by atoms with Crippen LogP contribution in [0, 0.1) is 11.7 Å². The summed E-state index contributed by atoms with van der Waals surface area (Å²) in [6.45, 7) is 4.77. The van der Waals surface area contributed by atoms with Crippen molar-refractivity contribution in [3.05, 3.63) is 58.6 Å². The summed E-state index contributed by atoms with van der Waals surface area (Å²) in [5, 5.41) is 0. The first-order valence-electron chi connectivity index (χ1n) is 10.6. The SMILES string of the molecule is CC(C)c1ccc2c(c1)sc(=NC(=O)C1CCN(S(=O)(=O)c3ccc(F)cc3)CC1)n2C. The number of aromatic nitrogens is 1. The number of sulfonamides is 1. The van der Waals surface area contributed by atoms with Crippen LogP contribution in [0.5, 0.6) is 0 Å². The summed E-state index contributed by atoms with van der Waals surface area (Å²) in [5.74, 6) is -0.587. The zero-order valence-corrected chi connectivity index (χ0v) is 19.9. The van der Waals surface area contributed by atoms with Crippen molar-refractivity contribution < 1.29 is 17.6 Å². The molecule has 2 aromatic carbocycles. The van der Waals surface area contributed by atoms with Crippen LogP contribution >= 0.6 is 11.3 Å². The molecule has 32 heavy (non-hydrogen) atoms. The molecule has 1 aliphatic heterocycles. The summed E-state index contributed by atoms with van der Waals surface area (Å²) in [4.78, 5) is 17.9. The molecule has 1 amide bonds. The maximum Gasteiger partial charge on any atom is 0.251 e. The predicted molar refractivity (Wildman–Crippen MR) is 123 cm³/mol. The number of benzene rings is 2. The summed E-state index contributed by atoms with van der Waals surface area (Å²) >= 11 is 1.49. The summed E-state index contributed by atoms with van der Waals surface area (Å²) in [7, 11) is -1.80. The Morgan fingerprint density at radius 3 is 2.41 bits per heavy atom. The quantitative estimate of drug-likeness (QED) is 0.572. The fraction of sp³-hybridized carbons (Fsp3) is 0.391. The number of halogens is 1. The van der Waals surface area contributed by atoms with E-state index in [4.69, 9.17) is 0 Å². The predicted octanol–water partition coefficient (Wildman–Crippen LogP) is 4.03. The molecule has 0 atom stereocenters. The molecule has 170 valence electrons. The molecule has 0 radical (unpaired) electrons. The van der Waals surface area contributed by atoms with E-state index < -0.39 is 15.8 Å². The van der Waals surface area contributed by atoms with E-state index in [2.05, 4.69) is 37.0 Å². The van der Waals surface area contributed by atoms with Crippen LogP contribution in [-0.4, -0.2) is 36.3 Å². The first-order chi connectivity index (χ1) is 15.2. The molecule has 0 aliphatic carbocycles. The molecule has 0 spiro atoms. The van der Waals surface area contributed by atoms with Crippen molar-refractivity contribution in [1.29, 1.82) is 0 Å². The molecule has 1 aromatic heterocycles. The Morgan fingerprint density at radius 2 is 1.78 bits per heavy atom. The summed E-state index contributed by atoms with van der Waals surface area (Å²) < 4.78 is 43.1. The molecule has 3 aromatic rings. The highest BCUT2D eigenvalue weighted by Crippen LogP contribution is 2.26. The van der Waals surface area contributed by atoms with E-state index in [9.17, 15) is 17.6 Å². The maximum absolute atomic E-state index is 13.1. The van der Waals surface area contributed by atoms with Gasteiger partial charge in [0.05, 0.1) is 15.1 Å². The van der Waals surface area contributed by atoms with Crippen molar-refractivity contribution in [1.82, 2.24) is 8.87 Å². The van der Waals surface area contributed by atoms with Gasteiger partial charge in [0.25, 0.3) is 5.91 Å². The summed E-state index contributed by atoms with van der Waals surface area (Å²) in [6.07, 6.45) is 0.823. The Kier molecular flexibility index (Phi) is 6.33. The number of carbonyl (C=O) groups is 1. The second-order valence-corrected chi connectivity index (χ2v) is 11.4. The molecule has 0 bridgehead atoms. The third-order valence-electron chi connectivity index (χ3n) is 5.96. The number of amides is 1. The van der Waals surface area contributed by atoms with Crippen LogP contribution in [0.15, 0.2) is 52.4 Å². The molecular formula is C23H26FN3O3S2. The minimum absolute atomic E-state index is 0.0615. The standard InChI is InChI=1S/C23H26FN3O3S2/c1-15(2)17-4-9-20-21(14-17)31-23(26(20)3)25-22(28)16-10-12-27(13-11-16)32(29,30)19-7-5-18(24)6-8-19/h4-9,14-16H,10-13H2,1-3H3. The number of hydrogen-bond acceptors (Lipinski definition) is 4. The number of aryl methyl sites for hydroxylation is 1. The number of nitrogens with zero attached hydrogens (tertiary/aromatic N) is 3. The van der Waals surface area contributed by atoms with Gasteiger partial charge in [0.2, 0.25) is 10.0 Å². The van der Waals surface area contributed by atoms with E-state index >= 15 is 0 Å². The molecule has 2 heterocycles. The number of fused-ring (bicyclic) bond motifs is 1. The van der Waals surface area contributed by atoms with Crippen LogP contribution in [0.4, 0.5) is 4.39 Å². The van der Waals surface area contributed by atoms with Gasteiger partial charge in [0.15, 0.2) is 4.80 Å². The fourth-order valence-corrected chi connectivity index (χ4v) is 6.44. The van der Waals surface area contributed by atoms with Gasteiger partial charge in [-0.1, -0.05) is 31.3 Å². The Morgan fingerprint density at radius 1 is 1.12 bits per heavy atom. The molecule has 9 heteroatoms. The monoisotopic (exact) mass is 475 g/mol. The van der Waals surface area contributed by atoms with Gasteiger partial charge < -0.3 is 4.57 Å². The van der Waals surface area contributed by atoms with Crippen molar-refractivity contribution in [2.75, 3.05) is 13.1 Å². The topological polar surface area (TPSA) is 71.7 Å². The zero-order valence-electron chi connectivity index (χ0n) is 18.3. The third-order valence-corrected chi connectivity index (χ3v) is 8.97. The van der Waals surface area contributed by atoms with E-state index in [1.54, 1.807) is 0 Å². The van der Waals surface area contributed by atoms with Gasteiger partial charge in [-0.05, 0) is 60.7 Å². The van der Waals surface area contributed by atoms with E-state index in [-0.39, 0.29) is 29.8 Å². The Balaban J connectivity index is 1.49. The lowest BCUT2D eigenvalue weighted by Gasteiger charge is -2.29. The highest BCUT2D eigenvalue weighted by molar-refractivity contribution is 7.89. The van der Waals surface area contributed by atoms with Gasteiger partial charge in [0.1, 0.15) is 5.82 Å². The molecule has 1 aliphatic rings. The highest BCUT2D eigenvalue weighted by Gasteiger charge is 2.32. The van der Waals surface area contributed by atoms with E-state index in [1.807, 2.05) is 11.6 Å². The number of carbonyl (C=O) groups excluding carboxylic acids is 1. The molecule has 1 saturated heterocycles. The van der Waals surface area contributed by atoms with Crippen molar-refractivity contribution in [3.63, 3.8) is 0 Å². The van der Waals surface area contributed by atoms with Gasteiger partial charge >= 0.3 is 0 Å². The Bertz CT molecular complexity index is 1320. The molecule has 4 rings (SSSR count). The van der Waals surface area contributed by atoms with Crippen LogP contribution in [0.2, 0.25) is 0 Å². The second kappa shape index (κ2) is 8.88. The summed E-state index contributed by atoms with van der Waals surface area (Å²) in [6, 6.07) is 11.1. The van der Waals surface area contributed by atoms with Gasteiger partial charge in [-0.25, -0.2) is 12.8 Å². The van der Waals surface area contributed by atoms with Gasteiger partial charge in [-0.3, -0.25) is 4.79 Å². The van der Waals surface area contributed by atoms with E-state index in [0.717, 1.165) is 22.3 Å². The normalized spacial score (nSPS) is 16.8. The highest BCUT2D eigenvalue weighted by atomic mass is 32.2. The molecule has 6 nitrogen and oxygen atoms in total. The van der Waals surface area contributed by atoms with Crippen LogP contribution in [0.3, 0.4) is 0 Å². The van der Waals surface area contributed by atoms with Crippen LogP contribution < -0.4 is 4.80 Å².